The van der Waals surface area contributed by atoms with Gasteiger partial charge in [0.1, 0.15) is 7.85 Å². The van der Waals surface area contributed by atoms with Crippen LogP contribution >= 0.6 is 0 Å². The lowest BCUT2D eigenvalue weighted by Gasteiger charge is -2.45. The van der Waals surface area contributed by atoms with E-state index in [1.54, 1.807) is 0 Å². The quantitative estimate of drug-likeness (QED) is 0.205. The minimum absolute atomic E-state index is 0.446. The number of fused-ring (bicyclic) bond motifs is 9. The molecular weight excluding hydrogens is 505 g/mol. The van der Waals surface area contributed by atoms with Gasteiger partial charge in [-0.15, -0.1) is 0 Å². The molecule has 1 aliphatic heterocycles. The smallest absolute Gasteiger partial charge is 0.113 e. The fourth-order valence-corrected chi connectivity index (χ4v) is 7.57. The van der Waals surface area contributed by atoms with E-state index in [-0.39, 0.29) is 0 Å². The molecule has 1 saturated carbocycles. The minimum Gasteiger partial charge on any atom is -0.310 e. The monoisotopic (exact) mass is 533 g/mol. The average molecular weight is 533 g/mol. The van der Waals surface area contributed by atoms with E-state index in [0.717, 1.165) is 11.2 Å². The molecule has 0 saturated heterocycles. The first-order chi connectivity index (χ1) is 20.7. The van der Waals surface area contributed by atoms with Crippen LogP contribution in [0.25, 0.3) is 22.3 Å². The highest BCUT2D eigenvalue weighted by molar-refractivity contribution is 6.32. The van der Waals surface area contributed by atoms with Crippen LogP contribution in [0.5, 0.6) is 0 Å². The third-order valence-electron chi connectivity index (χ3n) is 9.56. The highest BCUT2D eigenvalue weighted by Crippen LogP contribution is 2.63. The van der Waals surface area contributed by atoms with Crippen molar-refractivity contribution < 1.29 is 0 Å². The normalized spacial score (nSPS) is 15.6. The number of hydrogen-bond acceptors (Lipinski definition) is 1. The molecule has 3 aliphatic rings. The number of para-hydroxylation sites is 2. The van der Waals surface area contributed by atoms with Gasteiger partial charge in [0.25, 0.3) is 0 Å². The molecule has 0 atom stereocenters. The van der Waals surface area contributed by atoms with Gasteiger partial charge in [-0.1, -0.05) is 121 Å². The molecule has 1 heterocycles. The summed E-state index contributed by atoms with van der Waals surface area (Å²) in [6.45, 7) is 0. The van der Waals surface area contributed by atoms with Gasteiger partial charge in [0.15, 0.2) is 0 Å². The standard InChI is InChI=1S/C40H28BN/c41-30-19-23-33-32-22-18-29(28-14-15-28)24-36(32)40(37(33)25-30)34-10-4-6-12-38(34)42(39-13-7-5-11-35(39)40)31-20-16-27(17-21-31)26-8-2-1-3-9-26/h1-13,16-25,28H,14-15H2. The average Bonchev–Trinajstić information content (AvgIpc) is 3.86. The van der Waals surface area contributed by atoms with Gasteiger partial charge >= 0.3 is 0 Å². The summed E-state index contributed by atoms with van der Waals surface area (Å²) in [5, 5.41) is 0. The molecule has 42 heavy (non-hydrogen) atoms. The summed E-state index contributed by atoms with van der Waals surface area (Å²) in [5.41, 5.74) is 15.7. The highest BCUT2D eigenvalue weighted by atomic mass is 15.2. The molecule has 1 spiro atoms. The second kappa shape index (κ2) is 8.84. The molecule has 2 radical (unpaired) electrons. The Bertz CT molecular complexity index is 1960. The Morgan fingerprint density at radius 1 is 0.524 bits per heavy atom. The molecule has 0 amide bonds. The lowest BCUT2D eigenvalue weighted by molar-refractivity contribution is 0.751. The zero-order valence-corrected chi connectivity index (χ0v) is 23.3. The van der Waals surface area contributed by atoms with Crippen LogP contribution in [-0.2, 0) is 5.41 Å². The van der Waals surface area contributed by atoms with Crippen LogP contribution in [0.15, 0.2) is 140 Å². The first-order valence-electron chi connectivity index (χ1n) is 14.9. The number of nitrogens with zero attached hydrogens (tertiary/aromatic N) is 1. The first-order valence-corrected chi connectivity index (χ1v) is 14.9. The largest absolute Gasteiger partial charge is 0.310 e. The summed E-state index contributed by atoms with van der Waals surface area (Å²) in [6.07, 6.45) is 2.57. The van der Waals surface area contributed by atoms with E-state index in [1.807, 2.05) is 0 Å². The minimum atomic E-state index is -0.446. The van der Waals surface area contributed by atoms with Crippen LogP contribution in [0, 0.1) is 0 Å². The van der Waals surface area contributed by atoms with Crippen molar-refractivity contribution in [3.8, 4) is 22.3 Å². The predicted molar refractivity (Wildman–Crippen MR) is 175 cm³/mol. The van der Waals surface area contributed by atoms with Crippen molar-refractivity contribution >= 4 is 30.4 Å². The summed E-state index contributed by atoms with van der Waals surface area (Å²) >= 11 is 0. The molecule has 2 aliphatic carbocycles. The second-order valence-electron chi connectivity index (χ2n) is 11.9. The Hall–Kier alpha value is -4.82. The maximum atomic E-state index is 6.55. The van der Waals surface area contributed by atoms with E-state index < -0.39 is 5.41 Å². The van der Waals surface area contributed by atoms with E-state index in [0.29, 0.717) is 5.92 Å². The molecule has 2 heteroatoms. The molecule has 1 fully saturated rings. The van der Waals surface area contributed by atoms with Crippen molar-refractivity contribution in [2.75, 3.05) is 4.90 Å². The predicted octanol–water partition coefficient (Wildman–Crippen LogP) is 9.17. The molecule has 0 bridgehead atoms. The number of benzene rings is 6. The van der Waals surface area contributed by atoms with Crippen molar-refractivity contribution in [3.05, 3.63) is 167 Å². The van der Waals surface area contributed by atoms with Gasteiger partial charge in [-0.2, -0.15) is 0 Å². The number of hydrogen-bond donors (Lipinski definition) is 0. The fourth-order valence-electron chi connectivity index (χ4n) is 7.57. The third kappa shape index (κ3) is 3.27. The van der Waals surface area contributed by atoms with Crippen LogP contribution in [0.1, 0.15) is 46.6 Å². The van der Waals surface area contributed by atoms with Gasteiger partial charge in [-0.05, 0) is 93.1 Å². The summed E-state index contributed by atoms with van der Waals surface area (Å²) in [6, 6.07) is 51.3. The van der Waals surface area contributed by atoms with Crippen molar-refractivity contribution in [3.63, 3.8) is 0 Å². The van der Waals surface area contributed by atoms with E-state index in [4.69, 9.17) is 7.85 Å². The Morgan fingerprint density at radius 3 is 1.76 bits per heavy atom. The zero-order valence-electron chi connectivity index (χ0n) is 23.3. The summed E-state index contributed by atoms with van der Waals surface area (Å²) in [7, 11) is 6.55. The topological polar surface area (TPSA) is 3.24 Å². The molecule has 1 nitrogen and oxygen atoms in total. The Kier molecular flexibility index (Phi) is 5.02. The third-order valence-corrected chi connectivity index (χ3v) is 9.56. The first kappa shape index (κ1) is 23.8. The van der Waals surface area contributed by atoms with Gasteiger partial charge in [-0.3, -0.25) is 0 Å². The van der Waals surface area contributed by atoms with Crippen molar-refractivity contribution in [1.82, 2.24) is 0 Å². The van der Waals surface area contributed by atoms with Gasteiger partial charge in [0.2, 0.25) is 0 Å². The Labute approximate surface area is 248 Å². The van der Waals surface area contributed by atoms with Gasteiger partial charge in [0, 0.05) is 5.69 Å². The highest BCUT2D eigenvalue weighted by Gasteiger charge is 2.52. The van der Waals surface area contributed by atoms with E-state index in [1.165, 1.54) is 74.3 Å². The van der Waals surface area contributed by atoms with Crippen LogP contribution < -0.4 is 10.4 Å². The van der Waals surface area contributed by atoms with Crippen molar-refractivity contribution in [2.24, 2.45) is 0 Å². The van der Waals surface area contributed by atoms with Gasteiger partial charge in [0.05, 0.1) is 16.8 Å². The molecule has 196 valence electrons. The lowest BCUT2D eigenvalue weighted by Crippen LogP contribution is -2.36. The Balaban J connectivity index is 1.32. The summed E-state index contributed by atoms with van der Waals surface area (Å²) < 4.78 is 0. The van der Waals surface area contributed by atoms with Gasteiger partial charge in [-0.25, -0.2) is 0 Å². The van der Waals surface area contributed by atoms with E-state index in [9.17, 15) is 0 Å². The molecule has 9 rings (SSSR count). The van der Waals surface area contributed by atoms with Crippen LogP contribution in [0.3, 0.4) is 0 Å². The zero-order chi connectivity index (χ0) is 27.8. The number of rotatable bonds is 3. The molecule has 6 aromatic carbocycles. The molecule has 6 aromatic rings. The van der Waals surface area contributed by atoms with E-state index >= 15 is 0 Å². The van der Waals surface area contributed by atoms with E-state index in [2.05, 4.69) is 144 Å². The summed E-state index contributed by atoms with van der Waals surface area (Å²) in [5.74, 6) is 0.676. The summed E-state index contributed by atoms with van der Waals surface area (Å²) in [4.78, 5) is 2.44. The maximum absolute atomic E-state index is 6.55. The molecular formula is C40H28BN. The second-order valence-corrected chi connectivity index (χ2v) is 11.9. The molecule has 0 unspecified atom stereocenters. The maximum Gasteiger partial charge on any atom is 0.113 e. The van der Waals surface area contributed by atoms with Crippen molar-refractivity contribution in [1.29, 1.82) is 0 Å². The van der Waals surface area contributed by atoms with Crippen LogP contribution in [0.4, 0.5) is 17.1 Å². The van der Waals surface area contributed by atoms with Crippen molar-refractivity contribution in [2.45, 2.75) is 24.2 Å². The Morgan fingerprint density at radius 2 is 1.10 bits per heavy atom. The van der Waals surface area contributed by atoms with Crippen LogP contribution in [-0.4, -0.2) is 7.85 Å². The lowest BCUT2D eigenvalue weighted by atomic mass is 9.64. The SMILES string of the molecule is [B]c1ccc2c(c1)C1(c3cc(C4CC4)ccc3-2)c2ccccc2N(c2ccc(-c3ccccc3)cc2)c2ccccc21. The van der Waals surface area contributed by atoms with Gasteiger partial charge < -0.3 is 4.90 Å². The van der Waals surface area contributed by atoms with Crippen LogP contribution in [0.2, 0.25) is 0 Å². The fraction of sp³-hybridized carbons (Fsp3) is 0.100. The number of anilines is 3. The molecule has 0 aromatic heterocycles. The molecule has 0 N–H and O–H groups in total.